The maximum atomic E-state index is 12.7. The number of halogens is 3. The van der Waals surface area contributed by atoms with Crippen molar-refractivity contribution < 1.29 is 22.7 Å². The van der Waals surface area contributed by atoms with E-state index in [2.05, 4.69) is 14.7 Å². The Balaban J connectivity index is 0.000000534. The van der Waals surface area contributed by atoms with E-state index in [1.165, 1.54) is 18.3 Å². The van der Waals surface area contributed by atoms with Gasteiger partial charge in [-0.25, -0.2) is 9.97 Å². The van der Waals surface area contributed by atoms with Gasteiger partial charge in [-0.05, 0) is 50.2 Å². The highest BCUT2D eigenvalue weighted by Crippen LogP contribution is 2.31. The summed E-state index contributed by atoms with van der Waals surface area (Å²) in [6.45, 7) is 4.51. The first kappa shape index (κ1) is 25.0. The van der Waals surface area contributed by atoms with Crippen LogP contribution in [0.15, 0.2) is 60.8 Å². The lowest BCUT2D eigenvalue weighted by molar-refractivity contribution is -0.137. The molecule has 0 fully saturated rings. The van der Waals surface area contributed by atoms with Gasteiger partial charge in [-0.2, -0.15) is 13.2 Å². The largest absolute Gasteiger partial charge is 0.416 e. The van der Waals surface area contributed by atoms with Gasteiger partial charge < -0.3 is 10.5 Å². The van der Waals surface area contributed by atoms with E-state index in [0.29, 0.717) is 18.7 Å². The number of ether oxygens (including phenoxy) is 1. The molecule has 1 heterocycles. The van der Waals surface area contributed by atoms with Crippen molar-refractivity contribution in [3.05, 3.63) is 71.9 Å². The Kier molecular flexibility index (Phi) is 8.86. The van der Waals surface area contributed by atoms with Gasteiger partial charge in [0.05, 0.1) is 23.6 Å². The summed E-state index contributed by atoms with van der Waals surface area (Å²) in [4.78, 5) is 21.0. The molecule has 6 nitrogen and oxygen atoms in total. The van der Waals surface area contributed by atoms with Gasteiger partial charge >= 0.3 is 6.18 Å². The zero-order valence-corrected chi connectivity index (χ0v) is 18.0. The number of amides is 1. The van der Waals surface area contributed by atoms with E-state index in [0.717, 1.165) is 28.2 Å². The molecule has 170 valence electrons. The molecule has 0 saturated heterocycles. The molecule has 3 rings (SSSR count). The van der Waals surface area contributed by atoms with Gasteiger partial charge in [0.2, 0.25) is 12.4 Å². The molecule has 3 aromatic rings. The van der Waals surface area contributed by atoms with E-state index < -0.39 is 11.7 Å². The fourth-order valence-electron chi connectivity index (χ4n) is 2.73. The standard InChI is InChI=1S/C19H14F3N3O.C4H11NO/c1-13-3-2-4-14(11-13)17-9-10-23-18(24-17)25(12-26)16-7-5-15(6-8-16)19(20,21)22;1-4(5)3-6-2/h2-12H,1H3;4H,3,5H2,1-2H3. The van der Waals surface area contributed by atoms with Crippen molar-refractivity contribution in [2.45, 2.75) is 26.1 Å². The molecular weight excluding hydrogens is 421 g/mol. The first-order valence-electron chi connectivity index (χ1n) is 9.72. The highest BCUT2D eigenvalue weighted by molar-refractivity contribution is 5.84. The smallest absolute Gasteiger partial charge is 0.383 e. The Morgan fingerprint density at radius 3 is 2.34 bits per heavy atom. The molecule has 0 aliphatic heterocycles. The Morgan fingerprint density at radius 1 is 1.16 bits per heavy atom. The second-order valence-electron chi connectivity index (χ2n) is 7.06. The molecule has 1 unspecified atom stereocenters. The predicted octanol–water partition coefficient (Wildman–Crippen LogP) is 4.75. The minimum Gasteiger partial charge on any atom is -0.383 e. The summed E-state index contributed by atoms with van der Waals surface area (Å²) in [7, 11) is 1.64. The topological polar surface area (TPSA) is 81.3 Å². The molecule has 0 spiro atoms. The molecular formula is C23H25F3N4O2. The molecule has 0 aliphatic rings. The number of aromatic nitrogens is 2. The molecule has 32 heavy (non-hydrogen) atoms. The number of alkyl halides is 3. The maximum absolute atomic E-state index is 12.7. The fraction of sp³-hybridized carbons (Fsp3) is 0.261. The van der Waals surface area contributed by atoms with Crippen LogP contribution >= 0.6 is 0 Å². The lowest BCUT2D eigenvalue weighted by Gasteiger charge is -2.17. The third-order valence-corrected chi connectivity index (χ3v) is 4.18. The van der Waals surface area contributed by atoms with Gasteiger partial charge in [-0.3, -0.25) is 9.69 Å². The number of hydrogen-bond donors (Lipinski definition) is 1. The average Bonchev–Trinajstić information content (AvgIpc) is 2.75. The summed E-state index contributed by atoms with van der Waals surface area (Å²) in [5.41, 5.74) is 7.25. The first-order chi connectivity index (χ1) is 15.2. The fourth-order valence-corrected chi connectivity index (χ4v) is 2.73. The van der Waals surface area contributed by atoms with Crippen LogP contribution in [0.5, 0.6) is 0 Å². The van der Waals surface area contributed by atoms with E-state index in [1.54, 1.807) is 13.2 Å². The Morgan fingerprint density at radius 2 is 1.84 bits per heavy atom. The van der Waals surface area contributed by atoms with Crippen LogP contribution in [0.3, 0.4) is 0 Å². The van der Waals surface area contributed by atoms with Crippen molar-refractivity contribution in [2.75, 3.05) is 18.6 Å². The number of anilines is 2. The average molecular weight is 446 g/mol. The minimum absolute atomic E-state index is 0.0822. The number of rotatable bonds is 6. The molecule has 1 aromatic heterocycles. The van der Waals surface area contributed by atoms with Crippen molar-refractivity contribution >= 4 is 18.0 Å². The third-order valence-electron chi connectivity index (χ3n) is 4.18. The van der Waals surface area contributed by atoms with Crippen molar-refractivity contribution in [3.63, 3.8) is 0 Å². The van der Waals surface area contributed by atoms with Crippen LogP contribution in [0.2, 0.25) is 0 Å². The number of nitrogens with zero attached hydrogens (tertiary/aromatic N) is 3. The van der Waals surface area contributed by atoms with Crippen LogP contribution in [0.25, 0.3) is 11.3 Å². The number of aryl methyl sites for hydroxylation is 1. The van der Waals surface area contributed by atoms with Gasteiger partial charge in [0.15, 0.2) is 0 Å². The van der Waals surface area contributed by atoms with E-state index >= 15 is 0 Å². The highest BCUT2D eigenvalue weighted by Gasteiger charge is 2.30. The lowest BCUT2D eigenvalue weighted by atomic mass is 10.1. The second-order valence-corrected chi connectivity index (χ2v) is 7.06. The van der Waals surface area contributed by atoms with Gasteiger partial charge in [0.25, 0.3) is 0 Å². The monoisotopic (exact) mass is 446 g/mol. The van der Waals surface area contributed by atoms with E-state index in [9.17, 15) is 18.0 Å². The Labute approximate surface area is 184 Å². The number of methoxy groups -OCH3 is 1. The summed E-state index contributed by atoms with van der Waals surface area (Å²) in [6, 6.07) is 13.8. The van der Waals surface area contributed by atoms with Crippen LogP contribution < -0.4 is 10.6 Å². The Bertz CT molecular complexity index is 1010. The first-order valence-corrected chi connectivity index (χ1v) is 9.72. The van der Waals surface area contributed by atoms with Crippen LogP contribution in [-0.4, -0.2) is 36.1 Å². The summed E-state index contributed by atoms with van der Waals surface area (Å²) >= 11 is 0. The molecule has 0 aliphatic carbocycles. The third kappa shape index (κ3) is 7.14. The van der Waals surface area contributed by atoms with Gasteiger partial charge in [0.1, 0.15) is 0 Å². The maximum Gasteiger partial charge on any atom is 0.416 e. The van der Waals surface area contributed by atoms with Crippen molar-refractivity contribution in [2.24, 2.45) is 5.73 Å². The molecule has 0 radical (unpaired) electrons. The summed E-state index contributed by atoms with van der Waals surface area (Å²) < 4.78 is 42.8. The van der Waals surface area contributed by atoms with Crippen LogP contribution in [-0.2, 0) is 15.7 Å². The number of carbonyl (C=O) groups excluding carboxylic acids is 1. The quantitative estimate of drug-likeness (QED) is 0.553. The van der Waals surface area contributed by atoms with Gasteiger partial charge in [-0.1, -0.05) is 23.8 Å². The molecule has 0 bridgehead atoms. The molecule has 2 aromatic carbocycles. The number of benzene rings is 2. The van der Waals surface area contributed by atoms with Gasteiger partial charge in [-0.15, -0.1) is 0 Å². The van der Waals surface area contributed by atoms with Crippen LogP contribution in [0, 0.1) is 6.92 Å². The molecule has 9 heteroatoms. The van der Waals surface area contributed by atoms with E-state index in [-0.39, 0.29) is 17.7 Å². The number of carbonyl (C=O) groups is 1. The van der Waals surface area contributed by atoms with Gasteiger partial charge in [0, 0.05) is 24.9 Å². The normalized spacial score (nSPS) is 11.8. The second kappa shape index (κ2) is 11.4. The van der Waals surface area contributed by atoms with Crippen molar-refractivity contribution in [3.8, 4) is 11.3 Å². The highest BCUT2D eigenvalue weighted by atomic mass is 19.4. The van der Waals surface area contributed by atoms with Crippen LogP contribution in [0.4, 0.5) is 24.8 Å². The summed E-state index contributed by atoms with van der Waals surface area (Å²) in [5, 5.41) is 0. The van der Waals surface area contributed by atoms with E-state index in [1.807, 2.05) is 38.1 Å². The number of hydrogen-bond acceptors (Lipinski definition) is 5. The van der Waals surface area contributed by atoms with Crippen molar-refractivity contribution in [1.29, 1.82) is 0 Å². The predicted molar refractivity (Wildman–Crippen MR) is 117 cm³/mol. The zero-order valence-electron chi connectivity index (χ0n) is 18.0. The van der Waals surface area contributed by atoms with Crippen molar-refractivity contribution in [1.82, 2.24) is 9.97 Å². The minimum atomic E-state index is -4.44. The zero-order chi connectivity index (χ0) is 23.7. The summed E-state index contributed by atoms with van der Waals surface area (Å²) in [5.74, 6) is 0.0822. The Hall–Kier alpha value is -3.30. The number of nitrogens with two attached hydrogens (primary N) is 1. The molecule has 0 saturated carbocycles. The molecule has 1 atom stereocenters. The SMILES string of the molecule is COCC(C)N.Cc1cccc(-c2ccnc(N(C=O)c3ccc(C(F)(F)F)cc3)n2)c1. The lowest BCUT2D eigenvalue weighted by Crippen LogP contribution is -2.20. The van der Waals surface area contributed by atoms with Crippen LogP contribution in [0.1, 0.15) is 18.1 Å². The molecule has 1 amide bonds. The van der Waals surface area contributed by atoms with E-state index in [4.69, 9.17) is 5.73 Å². The summed E-state index contributed by atoms with van der Waals surface area (Å²) in [6.07, 6.45) is -2.47. The molecule has 2 N–H and O–H groups in total.